The van der Waals surface area contributed by atoms with Gasteiger partial charge in [-0.15, -0.1) is 0 Å². The molecule has 2 heterocycles. The minimum atomic E-state index is -1.10. The maximum atomic E-state index is 12.8. The summed E-state index contributed by atoms with van der Waals surface area (Å²) in [4.78, 5) is 60.1. The van der Waals surface area contributed by atoms with Crippen LogP contribution in [0.1, 0.15) is 39.1 Å². The molecule has 1 saturated heterocycles. The van der Waals surface area contributed by atoms with Crippen molar-refractivity contribution in [1.82, 2.24) is 15.5 Å². The lowest BCUT2D eigenvalue weighted by Crippen LogP contribution is -2.54. The molecule has 12 heteroatoms. The third-order valence-corrected chi connectivity index (χ3v) is 5.11. The van der Waals surface area contributed by atoms with Crippen LogP contribution in [0.15, 0.2) is 18.2 Å². The molecule has 12 nitrogen and oxygen atoms in total. The van der Waals surface area contributed by atoms with Crippen LogP contribution < -0.4 is 10.6 Å². The Hall–Kier alpha value is -3.79. The highest BCUT2D eigenvalue weighted by molar-refractivity contribution is 6.23. The summed E-state index contributed by atoms with van der Waals surface area (Å²) >= 11 is 0. The van der Waals surface area contributed by atoms with Gasteiger partial charge in [0.25, 0.3) is 11.8 Å². The first kappa shape index (κ1) is 25.8. The van der Waals surface area contributed by atoms with Gasteiger partial charge in [0.05, 0.1) is 44.2 Å². The Balaban J connectivity index is 1.38. The molecular weight excluding hydrogens is 462 g/mol. The maximum absolute atomic E-state index is 12.8. The van der Waals surface area contributed by atoms with Crippen molar-refractivity contribution >= 4 is 29.7 Å². The number of carbonyl (C=O) groups excluding carboxylic acids is 4. The number of hydrogen-bond donors (Lipinski definition) is 3. The van der Waals surface area contributed by atoms with Crippen LogP contribution in [-0.4, -0.2) is 92.0 Å². The SMILES string of the molecule is O=C(O)NCCOCCOCCOCC#Cc1ccc2c(c1)C(=O)N(C1CCC(=O)NC1=O)C2=O. The average Bonchev–Trinajstić information content (AvgIpc) is 3.06. The second-order valence-corrected chi connectivity index (χ2v) is 7.52. The number of rotatable bonds is 11. The second kappa shape index (κ2) is 12.6. The molecule has 0 saturated carbocycles. The summed E-state index contributed by atoms with van der Waals surface area (Å²) in [5, 5.41) is 12.7. The lowest BCUT2D eigenvalue weighted by molar-refractivity contribution is -0.136. The van der Waals surface area contributed by atoms with E-state index in [1.807, 2.05) is 0 Å². The van der Waals surface area contributed by atoms with Gasteiger partial charge >= 0.3 is 6.09 Å². The quantitative estimate of drug-likeness (QED) is 0.217. The number of carbonyl (C=O) groups is 5. The molecule has 186 valence electrons. The fraction of sp³-hybridized carbons (Fsp3) is 0.435. The Morgan fingerprint density at radius 1 is 1.03 bits per heavy atom. The zero-order valence-corrected chi connectivity index (χ0v) is 18.8. The molecule has 0 aliphatic carbocycles. The van der Waals surface area contributed by atoms with Crippen LogP contribution in [-0.2, 0) is 23.8 Å². The van der Waals surface area contributed by atoms with Gasteiger partial charge in [0, 0.05) is 18.5 Å². The highest BCUT2D eigenvalue weighted by Gasteiger charge is 2.44. The number of amides is 5. The standard InChI is InChI=1S/C23H25N3O9/c27-19-6-5-18(20(28)25-19)26-21(29)16-4-3-15(14-17(16)22(26)30)2-1-8-33-10-12-35-13-11-34-9-7-24-23(31)32/h3-4,14,18,24H,5-13H2,(H,31,32)(H,25,27,28). The number of ether oxygens (including phenoxy) is 3. The minimum Gasteiger partial charge on any atom is -0.465 e. The molecule has 3 N–H and O–H groups in total. The summed E-state index contributed by atoms with van der Waals surface area (Å²) in [6.07, 6.45) is -0.936. The lowest BCUT2D eigenvalue weighted by Gasteiger charge is -2.27. The number of piperidine rings is 1. The molecule has 5 amide bonds. The van der Waals surface area contributed by atoms with Crippen LogP contribution in [0.3, 0.4) is 0 Å². The summed E-state index contributed by atoms with van der Waals surface area (Å²) in [7, 11) is 0. The highest BCUT2D eigenvalue weighted by Crippen LogP contribution is 2.28. The first-order chi connectivity index (χ1) is 16.9. The van der Waals surface area contributed by atoms with Crippen LogP contribution >= 0.6 is 0 Å². The Morgan fingerprint density at radius 3 is 2.43 bits per heavy atom. The van der Waals surface area contributed by atoms with Crippen molar-refractivity contribution in [3.8, 4) is 11.8 Å². The molecule has 0 bridgehead atoms. The van der Waals surface area contributed by atoms with Gasteiger partial charge in [-0.1, -0.05) is 11.8 Å². The molecule has 1 aromatic rings. The van der Waals surface area contributed by atoms with Crippen LogP contribution in [0.25, 0.3) is 0 Å². The van der Waals surface area contributed by atoms with Crippen molar-refractivity contribution in [3.05, 3.63) is 34.9 Å². The van der Waals surface area contributed by atoms with E-state index in [2.05, 4.69) is 22.5 Å². The molecule has 3 rings (SSSR count). The zero-order chi connectivity index (χ0) is 25.2. The fourth-order valence-electron chi connectivity index (χ4n) is 3.48. The van der Waals surface area contributed by atoms with Gasteiger partial charge in [-0.2, -0.15) is 0 Å². The number of nitrogens with one attached hydrogen (secondary N) is 2. The molecule has 0 aromatic heterocycles. The fourth-order valence-corrected chi connectivity index (χ4v) is 3.48. The number of benzene rings is 1. The number of nitrogens with zero attached hydrogens (tertiary/aromatic N) is 1. The van der Waals surface area contributed by atoms with Crippen molar-refractivity contribution < 1.29 is 43.3 Å². The first-order valence-electron chi connectivity index (χ1n) is 10.9. The number of hydrogen-bond acceptors (Lipinski definition) is 8. The van der Waals surface area contributed by atoms with Crippen molar-refractivity contribution in [1.29, 1.82) is 0 Å². The first-order valence-corrected chi connectivity index (χ1v) is 10.9. The molecule has 2 aliphatic rings. The topological polar surface area (TPSA) is 161 Å². The van der Waals surface area contributed by atoms with Gasteiger partial charge in [-0.05, 0) is 24.6 Å². The predicted molar refractivity (Wildman–Crippen MR) is 118 cm³/mol. The number of carboxylic acid groups (broad SMARTS) is 1. The van der Waals surface area contributed by atoms with Gasteiger partial charge in [-0.3, -0.25) is 29.4 Å². The Kier molecular flexibility index (Phi) is 9.31. The van der Waals surface area contributed by atoms with E-state index in [9.17, 15) is 24.0 Å². The summed E-state index contributed by atoms with van der Waals surface area (Å²) in [5.74, 6) is 3.46. The van der Waals surface area contributed by atoms with Crippen LogP contribution in [0.5, 0.6) is 0 Å². The van der Waals surface area contributed by atoms with Crippen molar-refractivity contribution in [2.45, 2.75) is 18.9 Å². The summed E-state index contributed by atoms with van der Waals surface area (Å²) in [6, 6.07) is 3.61. The molecule has 0 radical (unpaired) electrons. The third kappa shape index (κ3) is 7.10. The van der Waals surface area contributed by atoms with Gasteiger partial charge in [0.15, 0.2) is 0 Å². The molecular formula is C23H25N3O9. The van der Waals surface area contributed by atoms with E-state index in [4.69, 9.17) is 19.3 Å². The molecule has 0 spiro atoms. The van der Waals surface area contributed by atoms with E-state index in [1.165, 1.54) is 12.1 Å². The van der Waals surface area contributed by atoms with E-state index in [0.717, 1.165) is 4.90 Å². The van der Waals surface area contributed by atoms with Gasteiger partial charge < -0.3 is 24.6 Å². The molecule has 1 unspecified atom stereocenters. The molecule has 1 fully saturated rings. The lowest BCUT2D eigenvalue weighted by atomic mass is 10.0. The van der Waals surface area contributed by atoms with E-state index >= 15 is 0 Å². The Morgan fingerprint density at radius 2 is 1.71 bits per heavy atom. The normalized spacial score (nSPS) is 17.0. The molecule has 35 heavy (non-hydrogen) atoms. The van der Waals surface area contributed by atoms with Gasteiger partial charge in [0.2, 0.25) is 11.8 Å². The summed E-state index contributed by atoms with van der Waals surface area (Å²) < 4.78 is 15.9. The minimum absolute atomic E-state index is 0.0612. The Bertz CT molecular complexity index is 1060. The van der Waals surface area contributed by atoms with Gasteiger partial charge in [0.1, 0.15) is 12.6 Å². The molecule has 1 atom stereocenters. The van der Waals surface area contributed by atoms with Crippen LogP contribution in [0.2, 0.25) is 0 Å². The zero-order valence-electron chi connectivity index (χ0n) is 18.8. The van der Waals surface area contributed by atoms with Gasteiger partial charge in [-0.25, -0.2) is 4.79 Å². The molecule has 1 aromatic carbocycles. The average molecular weight is 487 g/mol. The maximum Gasteiger partial charge on any atom is 0.404 e. The summed E-state index contributed by atoms with van der Waals surface area (Å²) in [6.45, 7) is 1.94. The Labute approximate surface area is 200 Å². The summed E-state index contributed by atoms with van der Waals surface area (Å²) in [5.41, 5.74) is 0.881. The number of fused-ring (bicyclic) bond motifs is 1. The largest absolute Gasteiger partial charge is 0.465 e. The smallest absolute Gasteiger partial charge is 0.404 e. The van der Waals surface area contributed by atoms with Crippen LogP contribution in [0.4, 0.5) is 4.79 Å². The monoisotopic (exact) mass is 487 g/mol. The van der Waals surface area contributed by atoms with E-state index in [0.29, 0.717) is 32.0 Å². The van der Waals surface area contributed by atoms with Crippen molar-refractivity contribution in [2.24, 2.45) is 0 Å². The highest BCUT2D eigenvalue weighted by atomic mass is 16.5. The van der Waals surface area contributed by atoms with Crippen LogP contribution in [0, 0.1) is 11.8 Å². The predicted octanol–water partition coefficient (Wildman–Crippen LogP) is -0.243. The molecule has 2 aliphatic heterocycles. The third-order valence-electron chi connectivity index (χ3n) is 5.11. The van der Waals surface area contributed by atoms with E-state index in [-0.39, 0.29) is 43.7 Å². The van der Waals surface area contributed by atoms with Crippen molar-refractivity contribution in [2.75, 3.05) is 46.2 Å². The van der Waals surface area contributed by atoms with E-state index in [1.54, 1.807) is 6.07 Å². The second-order valence-electron chi connectivity index (χ2n) is 7.52. The van der Waals surface area contributed by atoms with Crippen molar-refractivity contribution in [3.63, 3.8) is 0 Å². The number of imide groups is 2. The van der Waals surface area contributed by atoms with E-state index < -0.39 is 35.8 Å².